The van der Waals surface area contributed by atoms with Crippen molar-refractivity contribution >= 4 is 43.2 Å². The van der Waals surface area contributed by atoms with Gasteiger partial charge in [0.05, 0.1) is 20.0 Å². The highest BCUT2D eigenvalue weighted by atomic mass is 32.2. The molecule has 0 saturated carbocycles. The molecule has 0 N–H and O–H groups in total. The standard InChI is InChI=1S/C22H24N4O5S2/c1-14-10-15(2)13-25(12-14)33(30,31)18-7-4-16(5-8-18)21(27)23-22-24(3)19-9-6-17(26(28)29)11-20(19)32-22/h4-9,11,14-15H,10,12-13H2,1-3H3/t14-,15-/m1/s1. The Balaban J connectivity index is 1.61. The fourth-order valence-corrected chi connectivity index (χ4v) is 6.94. The number of nitro benzene ring substituents is 1. The third-order valence-electron chi connectivity index (χ3n) is 5.78. The summed E-state index contributed by atoms with van der Waals surface area (Å²) >= 11 is 1.17. The largest absolute Gasteiger partial charge is 0.319 e. The van der Waals surface area contributed by atoms with E-state index in [4.69, 9.17) is 0 Å². The lowest BCUT2D eigenvalue weighted by Gasteiger charge is -2.34. The van der Waals surface area contributed by atoms with Gasteiger partial charge in [-0.25, -0.2) is 8.42 Å². The number of aromatic nitrogens is 1. The van der Waals surface area contributed by atoms with Crippen LogP contribution in [0, 0.1) is 22.0 Å². The van der Waals surface area contributed by atoms with Gasteiger partial charge in [0.2, 0.25) is 10.0 Å². The van der Waals surface area contributed by atoms with Crippen molar-refractivity contribution in [2.75, 3.05) is 13.1 Å². The summed E-state index contributed by atoms with van der Waals surface area (Å²) in [5, 5.41) is 11.0. The number of hydrogen-bond acceptors (Lipinski definition) is 6. The van der Waals surface area contributed by atoms with Crippen molar-refractivity contribution in [1.29, 1.82) is 0 Å². The molecule has 11 heteroatoms. The number of rotatable bonds is 4. The number of carbonyl (C=O) groups excluding carboxylic acids is 1. The lowest BCUT2D eigenvalue weighted by molar-refractivity contribution is -0.384. The van der Waals surface area contributed by atoms with Crippen LogP contribution in [0.15, 0.2) is 52.4 Å². The molecule has 0 unspecified atom stereocenters. The first-order chi connectivity index (χ1) is 15.6. The maximum Gasteiger partial charge on any atom is 0.279 e. The second kappa shape index (κ2) is 8.81. The molecule has 1 fully saturated rings. The topological polar surface area (TPSA) is 115 Å². The Hall–Kier alpha value is -2.89. The number of piperidine rings is 1. The number of sulfonamides is 1. The molecule has 0 bridgehead atoms. The van der Waals surface area contributed by atoms with Crippen LogP contribution in [0.4, 0.5) is 5.69 Å². The van der Waals surface area contributed by atoms with Gasteiger partial charge in [-0.2, -0.15) is 9.30 Å². The van der Waals surface area contributed by atoms with Crippen LogP contribution >= 0.6 is 11.3 Å². The van der Waals surface area contributed by atoms with E-state index < -0.39 is 20.9 Å². The number of nitrogens with zero attached hydrogens (tertiary/aromatic N) is 4. The third-order valence-corrected chi connectivity index (χ3v) is 8.72. The van der Waals surface area contributed by atoms with Crippen LogP contribution in [0.2, 0.25) is 0 Å². The molecule has 1 aliphatic heterocycles. The van der Waals surface area contributed by atoms with E-state index >= 15 is 0 Å². The summed E-state index contributed by atoms with van der Waals surface area (Å²) < 4.78 is 29.9. The number of nitro groups is 1. The summed E-state index contributed by atoms with van der Waals surface area (Å²) in [5.41, 5.74) is 0.956. The first-order valence-corrected chi connectivity index (χ1v) is 12.7. The van der Waals surface area contributed by atoms with Crippen LogP contribution in [0.5, 0.6) is 0 Å². The molecule has 2 atom stereocenters. The van der Waals surface area contributed by atoms with Gasteiger partial charge in [0.15, 0.2) is 4.80 Å². The lowest BCUT2D eigenvalue weighted by Crippen LogP contribution is -2.42. The number of benzene rings is 2. The van der Waals surface area contributed by atoms with Gasteiger partial charge in [-0.05, 0) is 48.6 Å². The molecule has 1 aromatic heterocycles. The average Bonchev–Trinajstić information content (AvgIpc) is 3.07. The summed E-state index contributed by atoms with van der Waals surface area (Å²) in [4.78, 5) is 28.0. The van der Waals surface area contributed by atoms with Gasteiger partial charge in [-0.15, -0.1) is 0 Å². The highest BCUT2D eigenvalue weighted by molar-refractivity contribution is 7.89. The van der Waals surface area contributed by atoms with E-state index in [0.717, 1.165) is 11.9 Å². The summed E-state index contributed by atoms with van der Waals surface area (Å²) in [6, 6.07) is 10.3. The number of aryl methyl sites for hydroxylation is 1. The van der Waals surface area contributed by atoms with Gasteiger partial charge in [0.25, 0.3) is 11.6 Å². The minimum absolute atomic E-state index is 0.0310. The van der Waals surface area contributed by atoms with E-state index in [0.29, 0.717) is 34.4 Å². The van der Waals surface area contributed by atoms with Crippen molar-refractivity contribution in [2.45, 2.75) is 25.2 Å². The van der Waals surface area contributed by atoms with Crippen molar-refractivity contribution in [3.05, 3.63) is 62.9 Å². The Labute approximate surface area is 195 Å². The van der Waals surface area contributed by atoms with Crippen LogP contribution in [0.3, 0.4) is 0 Å². The Bertz CT molecular complexity index is 1400. The van der Waals surface area contributed by atoms with E-state index in [9.17, 15) is 23.3 Å². The predicted molar refractivity (Wildman–Crippen MR) is 125 cm³/mol. The number of amides is 1. The fraction of sp³-hybridized carbons (Fsp3) is 0.364. The molecule has 2 heterocycles. The Morgan fingerprint density at radius 3 is 2.36 bits per heavy atom. The average molecular weight is 489 g/mol. The fourth-order valence-electron chi connectivity index (χ4n) is 4.21. The Morgan fingerprint density at radius 1 is 1.12 bits per heavy atom. The molecule has 1 amide bonds. The van der Waals surface area contributed by atoms with Gasteiger partial charge in [0, 0.05) is 37.8 Å². The van der Waals surface area contributed by atoms with Crippen LogP contribution in [-0.2, 0) is 17.1 Å². The molecule has 4 rings (SSSR count). The molecule has 0 aliphatic carbocycles. The van der Waals surface area contributed by atoms with Crippen LogP contribution in [-0.4, -0.2) is 41.2 Å². The SMILES string of the molecule is C[C@@H]1C[C@@H](C)CN(S(=O)(=O)c2ccc(C(=O)N=c3sc4cc([N+](=O)[O-])ccc4n3C)cc2)C1. The maximum absolute atomic E-state index is 13.0. The van der Waals surface area contributed by atoms with E-state index in [2.05, 4.69) is 4.99 Å². The summed E-state index contributed by atoms with van der Waals surface area (Å²) in [5.74, 6) is 0.0779. The number of fused-ring (bicyclic) bond motifs is 1. The summed E-state index contributed by atoms with van der Waals surface area (Å²) in [6.45, 7) is 5.08. The highest BCUT2D eigenvalue weighted by Gasteiger charge is 2.31. The zero-order chi connectivity index (χ0) is 23.9. The number of carbonyl (C=O) groups is 1. The van der Waals surface area contributed by atoms with E-state index in [1.54, 1.807) is 17.7 Å². The number of hydrogen-bond donors (Lipinski definition) is 0. The molecule has 9 nitrogen and oxygen atoms in total. The zero-order valence-corrected chi connectivity index (χ0v) is 20.1. The monoisotopic (exact) mass is 488 g/mol. The highest BCUT2D eigenvalue weighted by Crippen LogP contribution is 2.27. The predicted octanol–water partition coefficient (Wildman–Crippen LogP) is 3.56. The van der Waals surface area contributed by atoms with Gasteiger partial charge >= 0.3 is 0 Å². The van der Waals surface area contributed by atoms with Crippen molar-refractivity contribution < 1.29 is 18.1 Å². The van der Waals surface area contributed by atoms with Gasteiger partial charge in [0.1, 0.15) is 0 Å². The van der Waals surface area contributed by atoms with Crippen molar-refractivity contribution in [2.24, 2.45) is 23.9 Å². The molecule has 33 heavy (non-hydrogen) atoms. The summed E-state index contributed by atoms with van der Waals surface area (Å²) in [6.07, 6.45) is 1.00. The quantitative estimate of drug-likeness (QED) is 0.411. The normalized spacial score (nSPS) is 20.3. The van der Waals surface area contributed by atoms with Crippen molar-refractivity contribution in [1.82, 2.24) is 8.87 Å². The minimum Gasteiger partial charge on any atom is -0.319 e. The minimum atomic E-state index is -3.63. The van der Waals surface area contributed by atoms with E-state index in [1.165, 1.54) is 52.0 Å². The van der Waals surface area contributed by atoms with Gasteiger partial charge in [-0.3, -0.25) is 14.9 Å². The van der Waals surface area contributed by atoms with Crippen LogP contribution in [0.1, 0.15) is 30.6 Å². The Kier molecular flexibility index (Phi) is 6.21. The number of non-ortho nitro benzene ring substituents is 1. The second-order valence-corrected chi connectivity index (χ2v) is 11.5. The first-order valence-electron chi connectivity index (χ1n) is 10.5. The van der Waals surface area contributed by atoms with Crippen LogP contribution < -0.4 is 4.80 Å². The molecule has 1 saturated heterocycles. The molecular weight excluding hydrogens is 464 g/mol. The molecular formula is C22H24N4O5S2. The zero-order valence-electron chi connectivity index (χ0n) is 18.5. The Morgan fingerprint density at radius 2 is 1.76 bits per heavy atom. The molecule has 3 aromatic rings. The summed E-state index contributed by atoms with van der Waals surface area (Å²) in [7, 11) is -1.90. The van der Waals surface area contributed by atoms with E-state index in [1.807, 2.05) is 13.8 Å². The van der Waals surface area contributed by atoms with E-state index in [-0.39, 0.29) is 16.1 Å². The molecule has 1 aliphatic rings. The molecule has 0 spiro atoms. The molecule has 174 valence electrons. The maximum atomic E-state index is 13.0. The van der Waals surface area contributed by atoms with Gasteiger partial charge in [-0.1, -0.05) is 25.2 Å². The molecule has 2 aromatic carbocycles. The second-order valence-electron chi connectivity index (χ2n) is 8.56. The first kappa shape index (κ1) is 23.3. The van der Waals surface area contributed by atoms with Gasteiger partial charge < -0.3 is 4.57 Å². The van der Waals surface area contributed by atoms with Crippen molar-refractivity contribution in [3.63, 3.8) is 0 Å². The molecule has 0 radical (unpaired) electrons. The third kappa shape index (κ3) is 4.61. The smallest absolute Gasteiger partial charge is 0.279 e. The van der Waals surface area contributed by atoms with Crippen molar-refractivity contribution in [3.8, 4) is 0 Å². The lowest BCUT2D eigenvalue weighted by atomic mass is 9.94. The van der Waals surface area contributed by atoms with Crippen LogP contribution in [0.25, 0.3) is 10.2 Å². The number of thiazole rings is 1.